The van der Waals surface area contributed by atoms with Crippen molar-refractivity contribution in [3.8, 4) is 0 Å². The van der Waals surface area contributed by atoms with Crippen LogP contribution < -0.4 is 5.11 Å². The van der Waals surface area contributed by atoms with Crippen LogP contribution in [-0.4, -0.2) is 30.0 Å². The number of nitrogens with zero attached hydrogens (tertiary/aromatic N) is 1. The van der Waals surface area contributed by atoms with Gasteiger partial charge < -0.3 is 9.90 Å². The number of carboxylic acid groups (broad SMARTS) is 1. The van der Waals surface area contributed by atoms with Crippen molar-refractivity contribution >= 4 is 44.2 Å². The number of hydrogen-bond donors (Lipinski definition) is 0. The summed E-state index contributed by atoms with van der Waals surface area (Å²) in [7, 11) is 3.84. The van der Waals surface area contributed by atoms with Crippen LogP contribution in [0.15, 0.2) is 33.6 Å². The maximum atomic E-state index is 8.25. The summed E-state index contributed by atoms with van der Waals surface area (Å²) in [6.45, 7) is 9.83. The highest BCUT2D eigenvalue weighted by atomic mass is 79.9. The summed E-state index contributed by atoms with van der Waals surface area (Å²) >= 11 is 3.51. The number of hydrogen-bond acceptors (Lipinski definition) is 4. The molecule has 0 atom stereocenters. The first-order chi connectivity index (χ1) is 9.07. The number of quaternary nitrogens is 1. The summed E-state index contributed by atoms with van der Waals surface area (Å²) < 4.78 is 2.26. The summed E-state index contributed by atoms with van der Waals surface area (Å²) in [5.41, 5.74) is 0. The Balaban J connectivity index is 0.000000982. The lowest BCUT2D eigenvalue weighted by molar-refractivity contribution is -0.787. The van der Waals surface area contributed by atoms with E-state index in [1.807, 2.05) is 21.8 Å². The van der Waals surface area contributed by atoms with Crippen LogP contribution in [0.2, 0.25) is 0 Å². The molecular weight excluding hydrogens is 346 g/mol. The monoisotopic (exact) mass is 365 g/mol. The topological polar surface area (TPSA) is 40.1 Å². The fraction of sp³-hybridized carbons (Fsp3) is 0.462. The second kappa shape index (κ2) is 10.6. The second-order valence-electron chi connectivity index (χ2n) is 3.72. The fourth-order valence-corrected chi connectivity index (χ4v) is 4.88. The zero-order chi connectivity index (χ0) is 14.7. The van der Waals surface area contributed by atoms with E-state index in [0.29, 0.717) is 0 Å². The molecule has 0 fully saturated rings. The summed E-state index contributed by atoms with van der Waals surface area (Å²) in [6, 6.07) is 8.49. The normalized spacial score (nSPS) is 10.5. The van der Waals surface area contributed by atoms with Crippen molar-refractivity contribution in [1.82, 2.24) is 0 Å². The lowest BCUT2D eigenvalue weighted by Gasteiger charge is -2.31. The van der Waals surface area contributed by atoms with Gasteiger partial charge in [0.05, 0.1) is 19.6 Å². The Hall–Kier alpha value is -0.170. The average molecular weight is 366 g/mol. The average Bonchev–Trinajstić information content (AvgIpc) is 2.42. The van der Waals surface area contributed by atoms with Gasteiger partial charge in [-0.05, 0) is 39.0 Å². The van der Waals surface area contributed by atoms with E-state index in [4.69, 9.17) is 9.90 Å². The molecule has 0 unspecified atom stereocenters. The molecule has 1 rings (SSSR count). The molecule has 0 aliphatic carbocycles. The van der Waals surface area contributed by atoms with Crippen LogP contribution in [0, 0.1) is 0 Å². The molecule has 0 aromatic heterocycles. The van der Waals surface area contributed by atoms with Gasteiger partial charge in [0.15, 0.2) is 11.0 Å². The molecule has 0 saturated carbocycles. The van der Waals surface area contributed by atoms with Gasteiger partial charge >= 0.3 is 0 Å². The van der Waals surface area contributed by atoms with E-state index in [-0.39, 0.29) is 0 Å². The Kier molecular flexibility index (Phi) is 10.5. The van der Waals surface area contributed by atoms with Gasteiger partial charge in [-0.1, -0.05) is 22.0 Å². The molecular formula is C13H20BrNO2S2. The molecule has 0 amide bonds. The van der Waals surface area contributed by atoms with Gasteiger partial charge in [-0.25, -0.2) is 0 Å². The van der Waals surface area contributed by atoms with Crippen molar-refractivity contribution < 1.29 is 13.8 Å². The van der Waals surface area contributed by atoms with Crippen molar-refractivity contribution in [2.24, 2.45) is 0 Å². The maximum absolute atomic E-state index is 8.25. The van der Waals surface area contributed by atoms with Crippen LogP contribution in [-0.2, 0) is 4.79 Å². The lowest BCUT2D eigenvalue weighted by Crippen LogP contribution is -2.39. The first-order valence-electron chi connectivity index (χ1n) is 6.11. The zero-order valence-electron chi connectivity index (χ0n) is 11.5. The Morgan fingerprint density at radius 1 is 1.26 bits per heavy atom. The number of rotatable bonds is 6. The molecule has 1 aromatic rings. The van der Waals surface area contributed by atoms with Gasteiger partial charge in [-0.15, -0.1) is 0 Å². The molecule has 0 radical (unpaired) electrons. The van der Waals surface area contributed by atoms with Crippen molar-refractivity contribution in [2.75, 3.05) is 19.6 Å². The Labute approximate surface area is 132 Å². The Morgan fingerprint density at radius 3 is 2.21 bits per heavy atom. The lowest BCUT2D eigenvalue weighted by atomic mass is 10.4. The van der Waals surface area contributed by atoms with E-state index < -0.39 is 6.47 Å². The highest BCUT2D eigenvalue weighted by molar-refractivity contribution is 9.10. The standard InChI is InChI=1S/C12H19BrNS2.CH2O2/c1-4-14(5-2,6-3)16-15-12-9-7-8-11(13)10-12;2-1-3/h7-10H,4-6H2,1-3H3;1H,(H,2,3)/q+1;/p-1. The van der Waals surface area contributed by atoms with Gasteiger partial charge in [0, 0.05) is 26.6 Å². The molecule has 0 heterocycles. The molecule has 6 heteroatoms. The summed E-state index contributed by atoms with van der Waals surface area (Å²) in [6.07, 6.45) is 0. The highest BCUT2D eigenvalue weighted by Crippen LogP contribution is 2.39. The van der Waals surface area contributed by atoms with Gasteiger partial charge in [0.1, 0.15) is 0 Å². The predicted octanol–water partition coefficient (Wildman–Crippen LogP) is 3.35. The molecule has 0 aliphatic heterocycles. The zero-order valence-corrected chi connectivity index (χ0v) is 14.7. The van der Waals surface area contributed by atoms with Crippen molar-refractivity contribution in [1.29, 1.82) is 0 Å². The molecule has 0 spiro atoms. The van der Waals surface area contributed by atoms with Gasteiger partial charge in [0.25, 0.3) is 0 Å². The van der Waals surface area contributed by atoms with Crippen LogP contribution in [0.3, 0.4) is 0 Å². The predicted molar refractivity (Wildman–Crippen MR) is 85.5 cm³/mol. The molecule has 3 nitrogen and oxygen atoms in total. The number of benzene rings is 1. The summed E-state index contributed by atoms with van der Waals surface area (Å²) in [4.78, 5) is 9.57. The minimum absolute atomic E-state index is 0.500. The van der Waals surface area contributed by atoms with Crippen molar-refractivity contribution in [3.05, 3.63) is 28.7 Å². The molecule has 0 N–H and O–H groups in total. The third-order valence-corrected chi connectivity index (χ3v) is 6.67. The minimum Gasteiger partial charge on any atom is -0.554 e. The van der Waals surface area contributed by atoms with Crippen molar-refractivity contribution in [2.45, 2.75) is 25.7 Å². The summed E-state index contributed by atoms with van der Waals surface area (Å²) in [5, 5.41) is 8.25. The SMILES string of the molecule is CC[N+](CC)(CC)SSc1cccc(Br)c1.O=C[O-]. The van der Waals surface area contributed by atoms with E-state index in [1.165, 1.54) is 24.5 Å². The largest absolute Gasteiger partial charge is 0.554 e. The molecule has 1 aromatic carbocycles. The third-order valence-electron chi connectivity index (χ3n) is 2.82. The van der Waals surface area contributed by atoms with Crippen LogP contribution in [0.4, 0.5) is 0 Å². The summed E-state index contributed by atoms with van der Waals surface area (Å²) in [5.74, 6) is 0. The molecule has 108 valence electrons. The molecule has 0 saturated heterocycles. The molecule has 0 aliphatic rings. The quantitative estimate of drug-likeness (QED) is 0.335. The number of carbonyl (C=O) groups is 1. The van der Waals surface area contributed by atoms with E-state index in [0.717, 1.165) is 8.36 Å². The van der Waals surface area contributed by atoms with E-state index >= 15 is 0 Å². The molecule has 19 heavy (non-hydrogen) atoms. The van der Waals surface area contributed by atoms with E-state index in [9.17, 15) is 0 Å². The molecule has 0 bridgehead atoms. The van der Waals surface area contributed by atoms with Crippen molar-refractivity contribution in [3.63, 3.8) is 0 Å². The minimum atomic E-state index is -0.500. The Bertz CT molecular complexity index is 365. The Morgan fingerprint density at radius 2 is 1.79 bits per heavy atom. The third kappa shape index (κ3) is 7.25. The maximum Gasteiger partial charge on any atom is 0.152 e. The van der Waals surface area contributed by atoms with Gasteiger partial charge in [-0.3, -0.25) is 3.89 Å². The number of carbonyl (C=O) groups excluding carboxylic acids is 1. The highest BCUT2D eigenvalue weighted by Gasteiger charge is 2.23. The van der Waals surface area contributed by atoms with E-state index in [1.54, 1.807) is 0 Å². The fourth-order valence-electron chi connectivity index (χ4n) is 1.47. The van der Waals surface area contributed by atoms with Crippen LogP contribution in [0.5, 0.6) is 0 Å². The second-order valence-corrected chi connectivity index (χ2v) is 7.14. The number of halogens is 1. The van der Waals surface area contributed by atoms with Crippen LogP contribution >= 0.6 is 37.7 Å². The van der Waals surface area contributed by atoms with Gasteiger partial charge in [0.2, 0.25) is 0 Å². The van der Waals surface area contributed by atoms with Crippen LogP contribution in [0.1, 0.15) is 20.8 Å². The van der Waals surface area contributed by atoms with E-state index in [2.05, 4.69) is 61.0 Å². The smallest absolute Gasteiger partial charge is 0.152 e. The van der Waals surface area contributed by atoms with Crippen LogP contribution in [0.25, 0.3) is 0 Å². The first kappa shape index (κ1) is 18.8. The first-order valence-corrected chi connectivity index (χ1v) is 9.00. The van der Waals surface area contributed by atoms with Gasteiger partial charge in [-0.2, -0.15) is 0 Å².